The SMILES string of the molecule is Cc1c(CNC(=O)CCc2cc3n(n2)CCNC3)oc2ccccc12. The molecular formula is C19H22N4O2. The summed E-state index contributed by atoms with van der Waals surface area (Å²) in [6.07, 6.45) is 1.09. The summed E-state index contributed by atoms with van der Waals surface area (Å²) in [6.45, 7) is 5.14. The highest BCUT2D eigenvalue weighted by atomic mass is 16.3. The van der Waals surface area contributed by atoms with Crippen LogP contribution >= 0.6 is 0 Å². The van der Waals surface area contributed by atoms with Crippen molar-refractivity contribution in [1.82, 2.24) is 20.4 Å². The molecule has 3 aromatic rings. The van der Waals surface area contributed by atoms with Crippen LogP contribution < -0.4 is 10.6 Å². The number of hydrogen-bond donors (Lipinski definition) is 2. The fraction of sp³-hybridized carbons (Fsp3) is 0.368. The van der Waals surface area contributed by atoms with Crippen LogP contribution in [-0.4, -0.2) is 22.2 Å². The molecular weight excluding hydrogens is 316 g/mol. The molecule has 0 atom stereocenters. The van der Waals surface area contributed by atoms with E-state index in [1.807, 2.05) is 35.9 Å². The van der Waals surface area contributed by atoms with Gasteiger partial charge < -0.3 is 15.1 Å². The van der Waals surface area contributed by atoms with Crippen molar-refractivity contribution in [1.29, 1.82) is 0 Å². The highest BCUT2D eigenvalue weighted by Crippen LogP contribution is 2.24. The van der Waals surface area contributed by atoms with Crippen LogP contribution in [0.2, 0.25) is 0 Å². The molecule has 130 valence electrons. The van der Waals surface area contributed by atoms with E-state index in [-0.39, 0.29) is 5.91 Å². The zero-order valence-corrected chi connectivity index (χ0v) is 14.3. The van der Waals surface area contributed by atoms with Crippen molar-refractivity contribution >= 4 is 16.9 Å². The van der Waals surface area contributed by atoms with Gasteiger partial charge in [-0.15, -0.1) is 0 Å². The first-order valence-corrected chi connectivity index (χ1v) is 8.71. The van der Waals surface area contributed by atoms with E-state index < -0.39 is 0 Å². The molecule has 1 aliphatic heterocycles. The van der Waals surface area contributed by atoms with Crippen molar-refractivity contribution in [3.63, 3.8) is 0 Å². The zero-order chi connectivity index (χ0) is 17.2. The number of amides is 1. The molecule has 1 amide bonds. The molecule has 1 aromatic carbocycles. The summed E-state index contributed by atoms with van der Waals surface area (Å²) in [7, 11) is 0. The number of hydrogen-bond acceptors (Lipinski definition) is 4. The van der Waals surface area contributed by atoms with E-state index in [2.05, 4.69) is 21.8 Å². The second-order valence-electron chi connectivity index (χ2n) is 6.45. The van der Waals surface area contributed by atoms with Gasteiger partial charge in [0.2, 0.25) is 5.91 Å². The third-order valence-electron chi connectivity index (χ3n) is 4.72. The summed E-state index contributed by atoms with van der Waals surface area (Å²) in [5.74, 6) is 0.835. The molecule has 0 saturated heterocycles. The summed E-state index contributed by atoms with van der Waals surface area (Å²) < 4.78 is 7.86. The molecule has 0 radical (unpaired) electrons. The molecule has 4 rings (SSSR count). The Balaban J connectivity index is 1.33. The van der Waals surface area contributed by atoms with Gasteiger partial charge in [0.25, 0.3) is 0 Å². The molecule has 2 aromatic heterocycles. The quantitative estimate of drug-likeness (QED) is 0.749. The van der Waals surface area contributed by atoms with E-state index in [0.717, 1.165) is 47.6 Å². The van der Waals surface area contributed by atoms with Gasteiger partial charge in [-0.1, -0.05) is 18.2 Å². The van der Waals surface area contributed by atoms with E-state index in [1.165, 1.54) is 5.69 Å². The summed E-state index contributed by atoms with van der Waals surface area (Å²) in [5.41, 5.74) is 4.12. The fourth-order valence-electron chi connectivity index (χ4n) is 3.28. The smallest absolute Gasteiger partial charge is 0.220 e. The first-order valence-electron chi connectivity index (χ1n) is 8.71. The van der Waals surface area contributed by atoms with E-state index >= 15 is 0 Å². The lowest BCUT2D eigenvalue weighted by atomic mass is 10.1. The lowest BCUT2D eigenvalue weighted by Gasteiger charge is -2.13. The van der Waals surface area contributed by atoms with E-state index in [9.17, 15) is 4.79 Å². The van der Waals surface area contributed by atoms with Crippen LogP contribution in [0.3, 0.4) is 0 Å². The molecule has 6 nitrogen and oxygen atoms in total. The highest BCUT2D eigenvalue weighted by molar-refractivity contribution is 5.82. The van der Waals surface area contributed by atoms with Gasteiger partial charge in [-0.05, 0) is 19.1 Å². The number of furan rings is 1. The monoisotopic (exact) mass is 338 g/mol. The van der Waals surface area contributed by atoms with Crippen molar-refractivity contribution in [3.8, 4) is 0 Å². The second-order valence-corrected chi connectivity index (χ2v) is 6.45. The number of aromatic nitrogens is 2. The van der Waals surface area contributed by atoms with Crippen LogP contribution in [0.25, 0.3) is 11.0 Å². The van der Waals surface area contributed by atoms with Gasteiger partial charge in [-0.2, -0.15) is 5.10 Å². The third kappa shape index (κ3) is 3.30. The number of rotatable bonds is 5. The lowest BCUT2D eigenvalue weighted by Crippen LogP contribution is -2.28. The van der Waals surface area contributed by atoms with Gasteiger partial charge in [0, 0.05) is 36.9 Å². The molecule has 6 heteroatoms. The Morgan fingerprint density at radius 2 is 2.28 bits per heavy atom. The Morgan fingerprint density at radius 1 is 1.40 bits per heavy atom. The van der Waals surface area contributed by atoms with Gasteiger partial charge in [0.1, 0.15) is 11.3 Å². The van der Waals surface area contributed by atoms with Crippen LogP contribution in [0.4, 0.5) is 0 Å². The Labute approximate surface area is 146 Å². The van der Waals surface area contributed by atoms with E-state index in [1.54, 1.807) is 0 Å². The summed E-state index contributed by atoms with van der Waals surface area (Å²) in [4.78, 5) is 12.2. The first kappa shape index (κ1) is 15.9. The molecule has 0 fully saturated rings. The predicted octanol–water partition coefficient (Wildman–Crippen LogP) is 2.29. The minimum atomic E-state index is 0.0175. The Morgan fingerprint density at radius 3 is 3.12 bits per heavy atom. The largest absolute Gasteiger partial charge is 0.459 e. The van der Waals surface area contributed by atoms with E-state index in [4.69, 9.17) is 4.42 Å². The molecule has 0 aliphatic carbocycles. The summed E-state index contributed by atoms with van der Waals surface area (Å²) in [6, 6.07) is 10.0. The number of nitrogens with one attached hydrogen (secondary N) is 2. The average molecular weight is 338 g/mol. The number of carbonyl (C=O) groups excluding carboxylic acids is 1. The Kier molecular flexibility index (Phi) is 4.28. The van der Waals surface area contributed by atoms with Gasteiger partial charge in [0.15, 0.2) is 0 Å². The Hall–Kier alpha value is -2.60. The van der Waals surface area contributed by atoms with Gasteiger partial charge >= 0.3 is 0 Å². The minimum absolute atomic E-state index is 0.0175. The molecule has 2 N–H and O–H groups in total. The van der Waals surface area contributed by atoms with E-state index in [0.29, 0.717) is 19.4 Å². The Bertz CT molecular complexity index is 886. The van der Waals surface area contributed by atoms with Gasteiger partial charge in [-0.3, -0.25) is 9.48 Å². The molecule has 1 aliphatic rings. The van der Waals surface area contributed by atoms with Crippen molar-refractivity contribution < 1.29 is 9.21 Å². The van der Waals surface area contributed by atoms with Crippen molar-refractivity contribution in [3.05, 3.63) is 53.0 Å². The zero-order valence-electron chi connectivity index (χ0n) is 14.3. The van der Waals surface area contributed by atoms with Crippen LogP contribution in [0, 0.1) is 6.92 Å². The number of carbonyl (C=O) groups is 1. The standard InChI is InChI=1S/C19H22N4O2/c1-13-16-4-2-3-5-17(16)25-18(13)12-21-19(24)7-6-14-10-15-11-20-8-9-23(15)22-14/h2-5,10,20H,6-9,11-12H2,1H3,(H,21,24). The maximum Gasteiger partial charge on any atom is 0.220 e. The molecule has 25 heavy (non-hydrogen) atoms. The van der Waals surface area contributed by atoms with Crippen molar-refractivity contribution in [2.24, 2.45) is 0 Å². The van der Waals surface area contributed by atoms with Crippen LogP contribution in [0.5, 0.6) is 0 Å². The molecule has 0 bridgehead atoms. The fourth-order valence-corrected chi connectivity index (χ4v) is 3.28. The number of nitrogens with zero attached hydrogens (tertiary/aromatic N) is 2. The maximum absolute atomic E-state index is 12.2. The van der Waals surface area contributed by atoms with Crippen molar-refractivity contribution in [2.45, 2.75) is 39.4 Å². The normalized spacial score (nSPS) is 13.8. The first-order chi connectivity index (χ1) is 12.2. The highest BCUT2D eigenvalue weighted by Gasteiger charge is 2.14. The topological polar surface area (TPSA) is 72.1 Å². The summed E-state index contributed by atoms with van der Waals surface area (Å²) in [5, 5.41) is 11.9. The van der Waals surface area contributed by atoms with Crippen LogP contribution in [-0.2, 0) is 30.8 Å². The van der Waals surface area contributed by atoms with Crippen LogP contribution in [0.1, 0.15) is 29.1 Å². The van der Waals surface area contributed by atoms with Crippen LogP contribution in [0.15, 0.2) is 34.7 Å². The lowest BCUT2D eigenvalue weighted by molar-refractivity contribution is -0.121. The number of fused-ring (bicyclic) bond motifs is 2. The number of benzene rings is 1. The number of aryl methyl sites for hydroxylation is 2. The molecule has 0 saturated carbocycles. The maximum atomic E-state index is 12.2. The van der Waals surface area contributed by atoms with Gasteiger partial charge in [0.05, 0.1) is 24.5 Å². The molecule has 0 spiro atoms. The van der Waals surface area contributed by atoms with Gasteiger partial charge in [-0.25, -0.2) is 0 Å². The average Bonchev–Trinajstić information content (AvgIpc) is 3.19. The minimum Gasteiger partial charge on any atom is -0.459 e. The molecule has 0 unspecified atom stereocenters. The second kappa shape index (κ2) is 6.72. The third-order valence-corrected chi connectivity index (χ3v) is 4.72. The molecule has 3 heterocycles. The number of para-hydroxylation sites is 1. The summed E-state index contributed by atoms with van der Waals surface area (Å²) >= 11 is 0. The van der Waals surface area contributed by atoms with Crippen molar-refractivity contribution in [2.75, 3.05) is 6.54 Å². The predicted molar refractivity (Wildman–Crippen MR) is 95.1 cm³/mol.